The molecule has 60 valence electrons. The standard InChI is InChI=1S/C9H18O/c1-5-8(4)9(6-10)7(2)3/h5,7,9-10H,6H2,1-4H3/b8-5-. The van der Waals surface area contributed by atoms with E-state index in [1.807, 2.05) is 6.92 Å². The lowest BCUT2D eigenvalue weighted by Crippen LogP contribution is -2.14. The van der Waals surface area contributed by atoms with Crippen molar-refractivity contribution in [3.8, 4) is 0 Å². The Morgan fingerprint density at radius 2 is 2.00 bits per heavy atom. The lowest BCUT2D eigenvalue weighted by Gasteiger charge is -2.18. The molecule has 0 fully saturated rings. The van der Waals surface area contributed by atoms with Crippen LogP contribution in [0.25, 0.3) is 0 Å². The van der Waals surface area contributed by atoms with E-state index in [1.54, 1.807) is 0 Å². The summed E-state index contributed by atoms with van der Waals surface area (Å²) in [6.07, 6.45) is 2.07. The van der Waals surface area contributed by atoms with Crippen molar-refractivity contribution in [1.82, 2.24) is 0 Å². The maximum Gasteiger partial charge on any atom is 0.0498 e. The van der Waals surface area contributed by atoms with Crippen molar-refractivity contribution in [2.24, 2.45) is 11.8 Å². The van der Waals surface area contributed by atoms with Crippen LogP contribution in [0.5, 0.6) is 0 Å². The van der Waals surface area contributed by atoms with Crippen LogP contribution >= 0.6 is 0 Å². The summed E-state index contributed by atoms with van der Waals surface area (Å²) < 4.78 is 0. The first-order valence-electron chi connectivity index (χ1n) is 3.87. The highest BCUT2D eigenvalue weighted by Gasteiger charge is 2.12. The van der Waals surface area contributed by atoms with E-state index >= 15 is 0 Å². The van der Waals surface area contributed by atoms with Gasteiger partial charge in [0.05, 0.1) is 0 Å². The maximum absolute atomic E-state index is 8.96. The van der Waals surface area contributed by atoms with Gasteiger partial charge in [0.15, 0.2) is 0 Å². The number of hydrogen-bond acceptors (Lipinski definition) is 1. The zero-order chi connectivity index (χ0) is 8.15. The highest BCUT2D eigenvalue weighted by molar-refractivity contribution is 5.02. The second-order valence-corrected chi connectivity index (χ2v) is 3.07. The topological polar surface area (TPSA) is 20.2 Å². The van der Waals surface area contributed by atoms with Crippen LogP contribution in [0.15, 0.2) is 11.6 Å². The molecule has 10 heavy (non-hydrogen) atoms. The van der Waals surface area contributed by atoms with Gasteiger partial charge in [-0.2, -0.15) is 0 Å². The van der Waals surface area contributed by atoms with Crippen LogP contribution in [0.2, 0.25) is 0 Å². The third-order valence-corrected chi connectivity index (χ3v) is 2.04. The Morgan fingerprint density at radius 1 is 1.50 bits per heavy atom. The van der Waals surface area contributed by atoms with Gasteiger partial charge in [0.1, 0.15) is 0 Å². The van der Waals surface area contributed by atoms with E-state index in [2.05, 4.69) is 26.8 Å². The van der Waals surface area contributed by atoms with Crippen molar-refractivity contribution >= 4 is 0 Å². The minimum atomic E-state index is 0.272. The van der Waals surface area contributed by atoms with Gasteiger partial charge in [0.2, 0.25) is 0 Å². The van der Waals surface area contributed by atoms with Gasteiger partial charge < -0.3 is 5.11 Å². The van der Waals surface area contributed by atoms with Crippen LogP contribution in [0.3, 0.4) is 0 Å². The molecule has 0 aromatic heterocycles. The van der Waals surface area contributed by atoms with Crippen molar-refractivity contribution in [2.75, 3.05) is 6.61 Å². The van der Waals surface area contributed by atoms with E-state index in [9.17, 15) is 0 Å². The summed E-state index contributed by atoms with van der Waals surface area (Å²) >= 11 is 0. The lowest BCUT2D eigenvalue weighted by atomic mass is 9.90. The molecule has 1 heteroatoms. The molecule has 0 saturated heterocycles. The third-order valence-electron chi connectivity index (χ3n) is 2.04. The molecule has 0 aliphatic rings. The lowest BCUT2D eigenvalue weighted by molar-refractivity contribution is 0.213. The summed E-state index contributed by atoms with van der Waals surface area (Å²) in [7, 11) is 0. The Morgan fingerprint density at radius 3 is 2.10 bits per heavy atom. The monoisotopic (exact) mass is 142 g/mol. The first-order valence-corrected chi connectivity index (χ1v) is 3.87. The zero-order valence-corrected chi connectivity index (χ0v) is 7.39. The highest BCUT2D eigenvalue weighted by atomic mass is 16.3. The summed E-state index contributed by atoms with van der Waals surface area (Å²) in [5.41, 5.74) is 1.29. The predicted octanol–water partition coefficient (Wildman–Crippen LogP) is 2.22. The average molecular weight is 142 g/mol. The average Bonchev–Trinajstić information content (AvgIpc) is 1.88. The Hall–Kier alpha value is -0.300. The molecule has 0 spiro atoms. The van der Waals surface area contributed by atoms with Crippen molar-refractivity contribution in [3.05, 3.63) is 11.6 Å². The summed E-state index contributed by atoms with van der Waals surface area (Å²) in [4.78, 5) is 0. The van der Waals surface area contributed by atoms with E-state index in [-0.39, 0.29) is 6.61 Å². The van der Waals surface area contributed by atoms with Crippen LogP contribution < -0.4 is 0 Å². The SMILES string of the molecule is C/C=C(/C)C(CO)C(C)C. The molecule has 0 aromatic carbocycles. The van der Waals surface area contributed by atoms with Crippen LogP contribution in [0.1, 0.15) is 27.7 Å². The fraction of sp³-hybridized carbons (Fsp3) is 0.778. The molecule has 1 nitrogen and oxygen atoms in total. The number of rotatable bonds is 3. The summed E-state index contributed by atoms with van der Waals surface area (Å²) in [6, 6.07) is 0. The maximum atomic E-state index is 8.96. The first-order chi connectivity index (χ1) is 4.63. The van der Waals surface area contributed by atoms with E-state index in [4.69, 9.17) is 5.11 Å². The van der Waals surface area contributed by atoms with Crippen molar-refractivity contribution in [2.45, 2.75) is 27.7 Å². The molecule has 0 rings (SSSR count). The molecule has 1 unspecified atom stereocenters. The second kappa shape index (κ2) is 4.51. The van der Waals surface area contributed by atoms with E-state index in [1.165, 1.54) is 5.57 Å². The molecule has 1 N–H and O–H groups in total. The molecule has 1 atom stereocenters. The quantitative estimate of drug-likeness (QED) is 0.599. The Balaban J connectivity index is 4.07. The van der Waals surface area contributed by atoms with Gasteiger partial charge in [-0.15, -0.1) is 0 Å². The van der Waals surface area contributed by atoms with Gasteiger partial charge in [0.25, 0.3) is 0 Å². The second-order valence-electron chi connectivity index (χ2n) is 3.07. The molecule has 0 radical (unpaired) electrons. The fourth-order valence-electron chi connectivity index (χ4n) is 1.09. The number of aliphatic hydroxyl groups excluding tert-OH is 1. The Bertz CT molecular complexity index is 114. The summed E-state index contributed by atoms with van der Waals surface area (Å²) in [6.45, 7) is 8.62. The van der Waals surface area contributed by atoms with E-state index in [0.717, 1.165) is 0 Å². The summed E-state index contributed by atoms with van der Waals surface area (Å²) in [5, 5.41) is 8.96. The van der Waals surface area contributed by atoms with Crippen molar-refractivity contribution in [1.29, 1.82) is 0 Å². The van der Waals surface area contributed by atoms with Gasteiger partial charge >= 0.3 is 0 Å². The van der Waals surface area contributed by atoms with Crippen molar-refractivity contribution in [3.63, 3.8) is 0 Å². The molecule has 0 bridgehead atoms. The Labute approximate surface area is 63.8 Å². The molecule has 0 aliphatic carbocycles. The molecule has 0 aliphatic heterocycles. The van der Waals surface area contributed by atoms with Gasteiger partial charge in [-0.1, -0.05) is 25.5 Å². The summed E-state index contributed by atoms with van der Waals surface area (Å²) in [5.74, 6) is 0.895. The van der Waals surface area contributed by atoms with Crippen molar-refractivity contribution < 1.29 is 5.11 Å². The van der Waals surface area contributed by atoms with E-state index in [0.29, 0.717) is 11.8 Å². The van der Waals surface area contributed by atoms with Gasteiger partial charge in [-0.3, -0.25) is 0 Å². The van der Waals surface area contributed by atoms with Crippen LogP contribution in [-0.4, -0.2) is 11.7 Å². The number of hydrogen-bond donors (Lipinski definition) is 1. The first kappa shape index (κ1) is 9.70. The minimum Gasteiger partial charge on any atom is -0.396 e. The normalized spacial score (nSPS) is 16.0. The number of aliphatic hydroxyl groups is 1. The third kappa shape index (κ3) is 2.53. The fourth-order valence-corrected chi connectivity index (χ4v) is 1.09. The number of allylic oxidation sites excluding steroid dienone is 1. The highest BCUT2D eigenvalue weighted by Crippen LogP contribution is 2.18. The molecule has 0 aromatic rings. The Kier molecular flexibility index (Phi) is 4.37. The molecular formula is C9H18O. The van der Waals surface area contributed by atoms with Gasteiger partial charge in [-0.05, 0) is 19.8 Å². The molecule has 0 saturated carbocycles. The van der Waals surface area contributed by atoms with Crippen LogP contribution in [0, 0.1) is 11.8 Å². The smallest absolute Gasteiger partial charge is 0.0498 e. The zero-order valence-electron chi connectivity index (χ0n) is 7.39. The van der Waals surface area contributed by atoms with Gasteiger partial charge in [-0.25, -0.2) is 0 Å². The van der Waals surface area contributed by atoms with Gasteiger partial charge in [0, 0.05) is 12.5 Å². The largest absolute Gasteiger partial charge is 0.396 e. The van der Waals surface area contributed by atoms with Crippen LogP contribution in [-0.2, 0) is 0 Å². The predicted molar refractivity (Wildman–Crippen MR) is 44.8 cm³/mol. The molecule has 0 amide bonds. The molecular weight excluding hydrogens is 124 g/mol. The minimum absolute atomic E-state index is 0.272. The van der Waals surface area contributed by atoms with E-state index < -0.39 is 0 Å². The van der Waals surface area contributed by atoms with Crippen LogP contribution in [0.4, 0.5) is 0 Å². The molecule has 0 heterocycles.